The molecule has 3 rings (SSSR count). The normalized spacial score (nSPS) is 13.1. The van der Waals surface area contributed by atoms with E-state index in [0.29, 0.717) is 6.61 Å². The molecular weight excluding hydrogens is 315 g/mol. The molecule has 0 unspecified atom stereocenters. The smallest absolute Gasteiger partial charge is 0.519 e. The predicted molar refractivity (Wildman–Crippen MR) is 99.8 cm³/mol. The number of benzene rings is 2. The standard InChI is InChI=1S/C20H23BO4/c1-4-8-16(23-5-2)13-15-11-12-18(22-3)17(14-15)21-24-19-9-6-7-10-20(19)25-21/h6-12,14H,4-5,13H2,1-3H3/b16-8+. The highest BCUT2D eigenvalue weighted by Crippen LogP contribution is 2.33. The van der Waals surface area contributed by atoms with Crippen LogP contribution >= 0.6 is 0 Å². The second-order valence-corrected chi connectivity index (χ2v) is 5.78. The summed E-state index contributed by atoms with van der Waals surface area (Å²) in [6.07, 6.45) is 3.80. The van der Waals surface area contributed by atoms with Gasteiger partial charge in [0.25, 0.3) is 0 Å². The van der Waals surface area contributed by atoms with Crippen LogP contribution in [0.15, 0.2) is 54.3 Å². The molecule has 0 bridgehead atoms. The molecule has 0 amide bonds. The van der Waals surface area contributed by atoms with Crippen LogP contribution in [0.4, 0.5) is 0 Å². The molecule has 2 aromatic carbocycles. The summed E-state index contributed by atoms with van der Waals surface area (Å²) in [5.41, 5.74) is 2.01. The maximum absolute atomic E-state index is 5.94. The lowest BCUT2D eigenvalue weighted by atomic mass is 9.77. The largest absolute Gasteiger partial charge is 0.636 e. The Morgan fingerprint density at radius 1 is 1.08 bits per heavy atom. The van der Waals surface area contributed by atoms with E-state index in [2.05, 4.69) is 19.1 Å². The number of methoxy groups -OCH3 is 1. The number of ether oxygens (including phenoxy) is 2. The van der Waals surface area contributed by atoms with Crippen molar-refractivity contribution in [2.45, 2.75) is 26.7 Å². The minimum absolute atomic E-state index is 0.502. The fraction of sp³-hybridized carbons (Fsp3) is 0.300. The highest BCUT2D eigenvalue weighted by Gasteiger charge is 2.36. The molecule has 130 valence electrons. The summed E-state index contributed by atoms with van der Waals surface area (Å²) in [4.78, 5) is 0. The lowest BCUT2D eigenvalue weighted by Crippen LogP contribution is -2.40. The minimum atomic E-state index is -0.502. The van der Waals surface area contributed by atoms with Crippen molar-refractivity contribution in [2.75, 3.05) is 13.7 Å². The monoisotopic (exact) mass is 338 g/mol. The number of allylic oxidation sites excluding steroid dienone is 2. The Morgan fingerprint density at radius 2 is 1.80 bits per heavy atom. The van der Waals surface area contributed by atoms with Gasteiger partial charge in [0.1, 0.15) is 17.2 Å². The molecule has 4 nitrogen and oxygen atoms in total. The average molecular weight is 338 g/mol. The molecule has 1 aliphatic heterocycles. The maximum atomic E-state index is 5.94. The van der Waals surface area contributed by atoms with Crippen LogP contribution in [0.1, 0.15) is 25.8 Å². The van der Waals surface area contributed by atoms with E-state index in [1.54, 1.807) is 7.11 Å². The van der Waals surface area contributed by atoms with Crippen molar-refractivity contribution in [1.82, 2.24) is 0 Å². The van der Waals surface area contributed by atoms with E-state index < -0.39 is 7.12 Å². The van der Waals surface area contributed by atoms with Gasteiger partial charge in [0.2, 0.25) is 0 Å². The zero-order valence-corrected chi connectivity index (χ0v) is 15.0. The first-order valence-electron chi connectivity index (χ1n) is 8.66. The van der Waals surface area contributed by atoms with Crippen molar-refractivity contribution in [3.8, 4) is 17.2 Å². The Labute approximate surface area is 149 Å². The number of hydrogen-bond acceptors (Lipinski definition) is 4. The van der Waals surface area contributed by atoms with Crippen molar-refractivity contribution in [2.24, 2.45) is 0 Å². The second kappa shape index (κ2) is 8.01. The van der Waals surface area contributed by atoms with Gasteiger partial charge in [-0.2, -0.15) is 0 Å². The molecule has 0 radical (unpaired) electrons. The van der Waals surface area contributed by atoms with Crippen LogP contribution in [0.5, 0.6) is 17.2 Å². The zero-order chi connectivity index (χ0) is 17.6. The van der Waals surface area contributed by atoms with Gasteiger partial charge in [-0.3, -0.25) is 0 Å². The summed E-state index contributed by atoms with van der Waals surface area (Å²) in [5, 5.41) is 0. The molecule has 5 heteroatoms. The van der Waals surface area contributed by atoms with Crippen molar-refractivity contribution in [1.29, 1.82) is 0 Å². The SMILES string of the molecule is CC/C=C(\Cc1ccc(OC)c(B2Oc3ccccc3O2)c1)OCC. The lowest BCUT2D eigenvalue weighted by Gasteiger charge is -2.14. The molecule has 25 heavy (non-hydrogen) atoms. The van der Waals surface area contributed by atoms with E-state index in [1.165, 1.54) is 0 Å². The molecule has 2 aromatic rings. The van der Waals surface area contributed by atoms with Crippen LogP contribution in [0, 0.1) is 0 Å². The van der Waals surface area contributed by atoms with Gasteiger partial charge in [0, 0.05) is 6.42 Å². The van der Waals surface area contributed by atoms with Gasteiger partial charge in [0.05, 0.1) is 24.9 Å². The van der Waals surface area contributed by atoms with Crippen LogP contribution in [0.3, 0.4) is 0 Å². The molecule has 0 atom stereocenters. The Bertz CT molecular complexity index is 732. The van der Waals surface area contributed by atoms with Gasteiger partial charge < -0.3 is 18.8 Å². The van der Waals surface area contributed by atoms with Gasteiger partial charge in [-0.15, -0.1) is 0 Å². The summed E-state index contributed by atoms with van der Waals surface area (Å²) in [6, 6.07) is 13.7. The third kappa shape index (κ3) is 3.93. The average Bonchev–Trinajstić information content (AvgIpc) is 3.06. The highest BCUT2D eigenvalue weighted by molar-refractivity contribution is 6.64. The predicted octanol–water partition coefficient (Wildman–Crippen LogP) is 3.73. The molecule has 0 saturated heterocycles. The van der Waals surface area contributed by atoms with Crippen LogP contribution in [-0.4, -0.2) is 20.8 Å². The molecular formula is C20H23BO4. The molecule has 0 spiro atoms. The van der Waals surface area contributed by atoms with E-state index in [0.717, 1.165) is 46.9 Å². The molecule has 0 aromatic heterocycles. The Morgan fingerprint density at radius 3 is 2.40 bits per heavy atom. The van der Waals surface area contributed by atoms with Gasteiger partial charge in [-0.1, -0.05) is 31.2 Å². The van der Waals surface area contributed by atoms with Gasteiger partial charge >= 0.3 is 7.12 Å². The molecule has 0 aliphatic carbocycles. The minimum Gasteiger partial charge on any atom is -0.519 e. The summed E-state index contributed by atoms with van der Waals surface area (Å²) < 4.78 is 23.1. The summed E-state index contributed by atoms with van der Waals surface area (Å²) in [6.45, 7) is 4.77. The molecule has 1 heterocycles. The van der Waals surface area contributed by atoms with Crippen molar-refractivity contribution >= 4 is 12.6 Å². The Kier molecular flexibility index (Phi) is 5.54. The quantitative estimate of drug-likeness (QED) is 0.569. The lowest BCUT2D eigenvalue weighted by molar-refractivity contribution is 0.222. The highest BCUT2D eigenvalue weighted by atomic mass is 16.6. The van der Waals surface area contributed by atoms with E-state index >= 15 is 0 Å². The number of fused-ring (bicyclic) bond motifs is 1. The molecule has 1 aliphatic rings. The number of rotatable bonds is 7. The second-order valence-electron chi connectivity index (χ2n) is 5.78. The number of hydrogen-bond donors (Lipinski definition) is 0. The first-order chi connectivity index (χ1) is 12.2. The third-order valence-corrected chi connectivity index (χ3v) is 4.01. The van der Waals surface area contributed by atoms with E-state index in [4.69, 9.17) is 18.8 Å². The maximum Gasteiger partial charge on any atom is 0.636 e. The van der Waals surface area contributed by atoms with E-state index in [9.17, 15) is 0 Å². The first-order valence-corrected chi connectivity index (χ1v) is 8.66. The van der Waals surface area contributed by atoms with E-state index in [1.807, 2.05) is 43.3 Å². The fourth-order valence-electron chi connectivity index (χ4n) is 2.90. The molecule has 0 N–H and O–H groups in total. The van der Waals surface area contributed by atoms with Gasteiger partial charge in [-0.05, 0) is 43.2 Å². The van der Waals surface area contributed by atoms with Crippen LogP contribution in [-0.2, 0) is 11.2 Å². The van der Waals surface area contributed by atoms with Crippen LogP contribution in [0.25, 0.3) is 0 Å². The van der Waals surface area contributed by atoms with Crippen molar-refractivity contribution in [3.05, 3.63) is 59.9 Å². The molecule has 0 fully saturated rings. The summed E-state index contributed by atoms with van der Waals surface area (Å²) in [5.74, 6) is 3.23. The fourth-order valence-corrected chi connectivity index (χ4v) is 2.90. The Hall–Kier alpha value is -2.56. The zero-order valence-electron chi connectivity index (χ0n) is 15.0. The van der Waals surface area contributed by atoms with Crippen LogP contribution in [0.2, 0.25) is 0 Å². The van der Waals surface area contributed by atoms with Gasteiger partial charge in [-0.25, -0.2) is 0 Å². The van der Waals surface area contributed by atoms with Crippen molar-refractivity contribution in [3.63, 3.8) is 0 Å². The van der Waals surface area contributed by atoms with Gasteiger partial charge in [0.15, 0.2) is 0 Å². The van der Waals surface area contributed by atoms with Crippen LogP contribution < -0.4 is 19.5 Å². The third-order valence-electron chi connectivity index (χ3n) is 4.01. The topological polar surface area (TPSA) is 36.9 Å². The van der Waals surface area contributed by atoms with Crippen molar-refractivity contribution < 1.29 is 18.8 Å². The summed E-state index contributed by atoms with van der Waals surface area (Å²) >= 11 is 0. The van der Waals surface area contributed by atoms with E-state index in [-0.39, 0.29) is 0 Å². The first kappa shape index (κ1) is 17.3. The Balaban J connectivity index is 1.85. The molecule has 0 saturated carbocycles. The summed E-state index contributed by atoms with van der Waals surface area (Å²) in [7, 11) is 1.15. The number of para-hydroxylation sites is 2.